The molecule has 0 bridgehead atoms. The maximum absolute atomic E-state index is 12.7. The third-order valence-corrected chi connectivity index (χ3v) is 6.04. The highest BCUT2D eigenvalue weighted by atomic mass is 32.2. The number of benzene rings is 2. The molecule has 0 saturated carbocycles. The van der Waals surface area contributed by atoms with Crippen LogP contribution in [0.1, 0.15) is 13.8 Å². The Labute approximate surface area is 196 Å². The molecule has 178 valence electrons. The number of nitrogens with zero attached hydrogens (tertiary/aromatic N) is 3. The number of anilines is 1. The first-order chi connectivity index (χ1) is 16.3. The van der Waals surface area contributed by atoms with E-state index in [0.29, 0.717) is 30.2 Å². The first kappa shape index (κ1) is 23.3. The molecule has 0 radical (unpaired) electrons. The van der Waals surface area contributed by atoms with E-state index in [1.165, 1.54) is 24.3 Å². The van der Waals surface area contributed by atoms with E-state index in [-0.39, 0.29) is 16.6 Å². The average Bonchev–Trinajstić information content (AvgIpc) is 3.46. The van der Waals surface area contributed by atoms with Gasteiger partial charge in [-0.05, 0) is 36.4 Å². The fourth-order valence-corrected chi connectivity index (χ4v) is 4.08. The molecule has 0 aliphatic carbocycles. The highest BCUT2D eigenvalue weighted by Gasteiger charge is 2.18. The van der Waals surface area contributed by atoms with E-state index in [9.17, 15) is 13.2 Å². The first-order valence-electron chi connectivity index (χ1n) is 10.6. The monoisotopic (exact) mass is 483 g/mol. The Morgan fingerprint density at radius 1 is 1.15 bits per heavy atom. The van der Waals surface area contributed by atoms with Crippen molar-refractivity contribution in [3.8, 4) is 11.4 Å². The summed E-state index contributed by atoms with van der Waals surface area (Å²) in [4.78, 5) is 23.3. The van der Waals surface area contributed by atoms with Crippen molar-refractivity contribution < 1.29 is 17.4 Å². The Bertz CT molecular complexity index is 1360. The van der Waals surface area contributed by atoms with Crippen LogP contribution in [-0.2, 0) is 10.1 Å². The van der Waals surface area contributed by atoms with Gasteiger partial charge >= 0.3 is 16.1 Å². The third kappa shape index (κ3) is 5.71. The van der Waals surface area contributed by atoms with Crippen LogP contribution in [0.2, 0.25) is 0 Å². The molecular formula is C22H25N7O4S. The molecule has 2 aromatic carbocycles. The van der Waals surface area contributed by atoms with Crippen molar-refractivity contribution in [1.29, 1.82) is 0 Å². The van der Waals surface area contributed by atoms with Crippen LogP contribution in [0.3, 0.4) is 0 Å². The van der Waals surface area contributed by atoms with Crippen molar-refractivity contribution in [2.24, 2.45) is 0 Å². The van der Waals surface area contributed by atoms with Crippen LogP contribution in [0.5, 0.6) is 5.75 Å². The van der Waals surface area contributed by atoms with Gasteiger partial charge in [0.2, 0.25) is 5.95 Å². The molecule has 2 heterocycles. The van der Waals surface area contributed by atoms with Crippen LogP contribution in [0.25, 0.3) is 16.7 Å². The molecule has 0 fully saturated rings. The molecule has 4 rings (SSSR count). The van der Waals surface area contributed by atoms with E-state index < -0.39 is 16.1 Å². The largest absolute Gasteiger partial charge is 0.379 e. The minimum atomic E-state index is -4.05. The Balaban J connectivity index is 1.41. The first-order valence-corrected chi connectivity index (χ1v) is 12.0. The van der Waals surface area contributed by atoms with E-state index in [1.807, 2.05) is 13.8 Å². The summed E-state index contributed by atoms with van der Waals surface area (Å²) in [6.07, 6.45) is 5.02. The zero-order chi connectivity index (χ0) is 24.1. The van der Waals surface area contributed by atoms with Crippen LogP contribution < -0.4 is 20.1 Å². The van der Waals surface area contributed by atoms with Gasteiger partial charge in [-0.1, -0.05) is 13.8 Å². The summed E-state index contributed by atoms with van der Waals surface area (Å²) in [5.74, 6) is 0.341. The van der Waals surface area contributed by atoms with Gasteiger partial charge in [0, 0.05) is 43.3 Å². The number of hydrogen-bond acceptors (Lipinski definition) is 7. The van der Waals surface area contributed by atoms with Gasteiger partial charge in [0.1, 0.15) is 10.6 Å². The quantitative estimate of drug-likeness (QED) is 0.212. The van der Waals surface area contributed by atoms with E-state index >= 15 is 0 Å². The SMILES string of the molecule is CC(C)NCCNC(=O)Nc1nc2cc(OS(=O)(=O)c3ccc(-n4ccnc4)cc3)ccc2[nH]1. The predicted molar refractivity (Wildman–Crippen MR) is 128 cm³/mol. The molecule has 0 spiro atoms. The lowest BCUT2D eigenvalue weighted by molar-refractivity contribution is 0.252. The van der Waals surface area contributed by atoms with Crippen molar-refractivity contribution >= 4 is 33.1 Å². The zero-order valence-electron chi connectivity index (χ0n) is 18.6. The molecule has 34 heavy (non-hydrogen) atoms. The number of hydrogen-bond donors (Lipinski definition) is 4. The summed E-state index contributed by atoms with van der Waals surface area (Å²) in [7, 11) is -4.05. The van der Waals surface area contributed by atoms with Crippen LogP contribution >= 0.6 is 0 Å². The number of carbonyl (C=O) groups excluding carboxylic acids is 1. The summed E-state index contributed by atoms with van der Waals surface area (Å²) in [5.41, 5.74) is 1.83. The van der Waals surface area contributed by atoms with Gasteiger partial charge in [-0.2, -0.15) is 8.42 Å². The predicted octanol–water partition coefficient (Wildman–Crippen LogP) is 2.64. The maximum atomic E-state index is 12.7. The second-order valence-corrected chi connectivity index (χ2v) is 9.30. The zero-order valence-corrected chi connectivity index (χ0v) is 19.5. The maximum Gasteiger partial charge on any atom is 0.339 e. The third-order valence-electron chi connectivity index (χ3n) is 4.78. The fraction of sp³-hybridized carbons (Fsp3) is 0.227. The Morgan fingerprint density at radius 3 is 2.65 bits per heavy atom. The second kappa shape index (κ2) is 9.93. The Kier molecular flexibility index (Phi) is 6.80. The normalized spacial score (nSPS) is 11.6. The van der Waals surface area contributed by atoms with Crippen LogP contribution in [0.4, 0.5) is 10.7 Å². The van der Waals surface area contributed by atoms with Crippen molar-refractivity contribution in [2.75, 3.05) is 18.4 Å². The smallest absolute Gasteiger partial charge is 0.339 e. The van der Waals surface area contributed by atoms with Gasteiger partial charge in [-0.3, -0.25) is 5.32 Å². The minimum Gasteiger partial charge on any atom is -0.379 e. The molecule has 12 heteroatoms. The number of urea groups is 1. The van der Waals surface area contributed by atoms with Crippen LogP contribution in [0, 0.1) is 0 Å². The van der Waals surface area contributed by atoms with E-state index in [0.717, 1.165) is 5.69 Å². The number of nitrogens with one attached hydrogen (secondary N) is 4. The Morgan fingerprint density at radius 2 is 1.94 bits per heavy atom. The lowest BCUT2D eigenvalue weighted by atomic mass is 10.3. The van der Waals surface area contributed by atoms with Crippen molar-refractivity contribution in [2.45, 2.75) is 24.8 Å². The molecular weight excluding hydrogens is 458 g/mol. The summed E-state index contributed by atoms with van der Waals surface area (Å²) in [6.45, 7) is 5.16. The number of H-pyrrole nitrogens is 1. The fourth-order valence-electron chi connectivity index (χ4n) is 3.16. The van der Waals surface area contributed by atoms with Crippen molar-refractivity contribution in [1.82, 2.24) is 30.2 Å². The van der Waals surface area contributed by atoms with Crippen LogP contribution in [0.15, 0.2) is 66.1 Å². The molecule has 2 amide bonds. The number of amides is 2. The molecule has 0 aliphatic rings. The highest BCUT2D eigenvalue weighted by Crippen LogP contribution is 2.24. The van der Waals surface area contributed by atoms with Gasteiger partial charge < -0.3 is 24.4 Å². The van der Waals surface area contributed by atoms with Gasteiger partial charge in [0.15, 0.2) is 0 Å². The van der Waals surface area contributed by atoms with Gasteiger partial charge in [0.25, 0.3) is 0 Å². The minimum absolute atomic E-state index is 0.0180. The van der Waals surface area contributed by atoms with E-state index in [2.05, 4.69) is 30.9 Å². The number of imidazole rings is 2. The summed E-state index contributed by atoms with van der Waals surface area (Å²) < 4.78 is 32.5. The lowest BCUT2D eigenvalue weighted by Gasteiger charge is -2.09. The topological polar surface area (TPSA) is 143 Å². The van der Waals surface area contributed by atoms with Crippen molar-refractivity contribution in [3.05, 3.63) is 61.2 Å². The van der Waals surface area contributed by atoms with Crippen LogP contribution in [-0.4, -0.2) is 53.1 Å². The van der Waals surface area contributed by atoms with Gasteiger partial charge in [-0.25, -0.2) is 14.8 Å². The number of fused-ring (bicyclic) bond motifs is 1. The summed E-state index contributed by atoms with van der Waals surface area (Å²) in [5, 5.41) is 8.54. The lowest BCUT2D eigenvalue weighted by Crippen LogP contribution is -2.36. The average molecular weight is 484 g/mol. The molecule has 2 aromatic heterocycles. The number of rotatable bonds is 9. The molecule has 4 aromatic rings. The number of aromatic amines is 1. The molecule has 11 nitrogen and oxygen atoms in total. The summed E-state index contributed by atoms with van der Waals surface area (Å²) >= 11 is 0. The van der Waals surface area contributed by atoms with E-state index in [4.69, 9.17) is 4.18 Å². The molecule has 0 saturated heterocycles. The van der Waals surface area contributed by atoms with Gasteiger partial charge in [-0.15, -0.1) is 0 Å². The molecule has 0 unspecified atom stereocenters. The summed E-state index contributed by atoms with van der Waals surface area (Å²) in [6, 6.07) is 10.8. The van der Waals surface area contributed by atoms with Gasteiger partial charge in [0.05, 0.1) is 17.4 Å². The number of aromatic nitrogens is 4. The second-order valence-electron chi connectivity index (χ2n) is 7.76. The Hall–Kier alpha value is -3.90. The molecule has 4 N–H and O–H groups in total. The molecule has 0 atom stereocenters. The highest BCUT2D eigenvalue weighted by molar-refractivity contribution is 7.87. The van der Waals surface area contributed by atoms with E-state index in [1.54, 1.807) is 41.5 Å². The molecule has 0 aliphatic heterocycles. The standard InChI is InChI=1S/C22H25N7O4S/c1-15(2)24-9-10-25-22(30)28-21-26-19-8-5-17(13-20(19)27-21)33-34(31,32)18-6-3-16(4-7-18)29-12-11-23-14-29/h3-8,11-15,24H,9-10H2,1-2H3,(H3,25,26,27,28,30). The number of carbonyl (C=O) groups is 1. The van der Waals surface area contributed by atoms with Crippen molar-refractivity contribution in [3.63, 3.8) is 0 Å².